The number of anilines is 1. The first kappa shape index (κ1) is 40.4. The molecule has 0 amide bonds. The first-order chi connectivity index (χ1) is 25.0. The number of hydrogen-bond donors (Lipinski definition) is 1. The van der Waals surface area contributed by atoms with E-state index in [2.05, 4.69) is 119 Å². The molecule has 0 saturated carbocycles. The number of piperidine rings is 1. The van der Waals surface area contributed by atoms with Crippen LogP contribution in [0, 0.1) is 13.8 Å². The lowest BCUT2D eigenvalue weighted by Gasteiger charge is -2.40. The molecule has 0 bridgehead atoms. The summed E-state index contributed by atoms with van der Waals surface area (Å²) in [7, 11) is 5.16. The average molecular weight is 706 g/mol. The zero-order valence-corrected chi connectivity index (χ0v) is 33.4. The van der Waals surface area contributed by atoms with Crippen molar-refractivity contribution in [3.8, 4) is 17.2 Å². The molecular formula is C46H63N3O3. The van der Waals surface area contributed by atoms with E-state index in [0.717, 1.165) is 104 Å². The van der Waals surface area contributed by atoms with Gasteiger partial charge in [-0.2, -0.15) is 0 Å². The molecule has 0 aliphatic carbocycles. The van der Waals surface area contributed by atoms with Crippen LogP contribution in [0.1, 0.15) is 86.8 Å². The van der Waals surface area contributed by atoms with Crippen molar-refractivity contribution < 1.29 is 14.2 Å². The molecule has 1 aliphatic heterocycles. The van der Waals surface area contributed by atoms with E-state index in [9.17, 15) is 0 Å². The Kier molecular flexibility index (Phi) is 15.1. The Bertz CT molecular complexity index is 1740. The SMILES string of the molecule is C=C(/C=C(\C)c1cc(CCC)c(OC)c(OC)c1)CN(c1ccc(C)cc1)C1CCN(C/C(C)=C/C(=C\N)c2cc(CCC)c(C)c(OC)c2)CC1. The summed E-state index contributed by atoms with van der Waals surface area (Å²) < 4.78 is 17.2. The number of allylic oxidation sites excluding steroid dienone is 3. The number of likely N-dealkylation sites (tertiary alicyclic amines) is 1. The van der Waals surface area contributed by atoms with Crippen LogP contribution < -0.4 is 24.8 Å². The Labute approximate surface area is 314 Å². The molecule has 1 fully saturated rings. The van der Waals surface area contributed by atoms with Gasteiger partial charge in [-0.15, -0.1) is 0 Å². The van der Waals surface area contributed by atoms with Crippen LogP contribution in [0.2, 0.25) is 0 Å². The van der Waals surface area contributed by atoms with Gasteiger partial charge in [-0.05, 0) is 128 Å². The molecule has 3 aromatic carbocycles. The summed E-state index contributed by atoms with van der Waals surface area (Å²) in [6.45, 7) is 21.4. The van der Waals surface area contributed by atoms with Gasteiger partial charge in [0.1, 0.15) is 5.75 Å². The zero-order chi connectivity index (χ0) is 37.8. The van der Waals surface area contributed by atoms with E-state index in [1.807, 2.05) is 0 Å². The fourth-order valence-electron chi connectivity index (χ4n) is 7.48. The predicted octanol–water partition coefficient (Wildman–Crippen LogP) is 10.1. The standard InChI is InChI=1S/C46H63N3O3/c1-11-13-37-25-40(28-44(50-8)36(37)7)41(29-47)24-34(5)30-48-21-19-43(20-22-48)49(42-17-15-32(3)16-18-42)31-33(4)23-35(6)39-26-38(14-12-2)46(52-10)45(27-39)51-9/h15-18,23-29,43H,4,11-14,19-22,30-31,47H2,1-3,5-10H3/b34-24+,35-23+,41-29+. The van der Waals surface area contributed by atoms with Crippen molar-refractivity contribution >= 4 is 16.8 Å². The third-order valence-corrected chi connectivity index (χ3v) is 10.3. The molecule has 1 aliphatic rings. The van der Waals surface area contributed by atoms with Crippen molar-refractivity contribution in [3.05, 3.63) is 118 Å². The van der Waals surface area contributed by atoms with Crippen molar-refractivity contribution in [1.29, 1.82) is 0 Å². The molecule has 280 valence electrons. The minimum atomic E-state index is 0.419. The van der Waals surface area contributed by atoms with E-state index >= 15 is 0 Å². The highest BCUT2D eigenvalue weighted by molar-refractivity contribution is 5.76. The van der Waals surface area contributed by atoms with Gasteiger partial charge in [0.05, 0.1) is 21.3 Å². The Morgan fingerprint density at radius 1 is 0.846 bits per heavy atom. The molecule has 52 heavy (non-hydrogen) atoms. The number of methoxy groups -OCH3 is 3. The first-order valence-corrected chi connectivity index (χ1v) is 19.0. The van der Waals surface area contributed by atoms with Crippen LogP contribution in [0.5, 0.6) is 17.2 Å². The third-order valence-electron chi connectivity index (χ3n) is 10.3. The molecule has 6 heteroatoms. The maximum atomic E-state index is 6.21. The van der Waals surface area contributed by atoms with Crippen LogP contribution >= 0.6 is 0 Å². The molecule has 2 N–H and O–H groups in total. The summed E-state index contributed by atoms with van der Waals surface area (Å²) in [5.74, 6) is 2.51. The normalized spacial score (nSPS) is 14.8. The van der Waals surface area contributed by atoms with Gasteiger partial charge in [-0.25, -0.2) is 0 Å². The van der Waals surface area contributed by atoms with Crippen molar-refractivity contribution in [3.63, 3.8) is 0 Å². The number of rotatable bonds is 17. The van der Waals surface area contributed by atoms with E-state index in [1.165, 1.54) is 39.1 Å². The Morgan fingerprint density at radius 3 is 2.06 bits per heavy atom. The van der Waals surface area contributed by atoms with Gasteiger partial charge in [-0.3, -0.25) is 4.90 Å². The lowest BCUT2D eigenvalue weighted by Crippen LogP contribution is -2.46. The first-order valence-electron chi connectivity index (χ1n) is 19.0. The van der Waals surface area contributed by atoms with Gasteiger partial charge in [0.2, 0.25) is 0 Å². The number of aryl methyl sites for hydroxylation is 3. The van der Waals surface area contributed by atoms with Crippen molar-refractivity contribution in [2.24, 2.45) is 5.73 Å². The van der Waals surface area contributed by atoms with Crippen LogP contribution in [0.4, 0.5) is 5.69 Å². The molecule has 0 aromatic heterocycles. The minimum absolute atomic E-state index is 0.419. The summed E-state index contributed by atoms with van der Waals surface area (Å²) >= 11 is 0. The Hall–Kier alpha value is -4.42. The quantitative estimate of drug-likeness (QED) is 0.141. The number of nitrogens with two attached hydrogens (primary N) is 1. The van der Waals surface area contributed by atoms with Gasteiger partial charge < -0.3 is 24.8 Å². The highest BCUT2D eigenvalue weighted by Gasteiger charge is 2.26. The molecule has 1 saturated heterocycles. The largest absolute Gasteiger partial charge is 0.496 e. The highest BCUT2D eigenvalue weighted by Crippen LogP contribution is 2.36. The van der Waals surface area contributed by atoms with E-state index in [1.54, 1.807) is 27.5 Å². The summed E-state index contributed by atoms with van der Waals surface area (Å²) in [5, 5.41) is 0. The molecule has 0 atom stereocenters. The maximum absolute atomic E-state index is 6.21. The van der Waals surface area contributed by atoms with Crippen molar-refractivity contribution in [2.75, 3.05) is 52.4 Å². The fourth-order valence-corrected chi connectivity index (χ4v) is 7.48. The molecule has 6 nitrogen and oxygen atoms in total. The summed E-state index contributed by atoms with van der Waals surface area (Å²) in [5.41, 5.74) is 19.3. The molecule has 3 aromatic rings. The molecule has 0 radical (unpaired) electrons. The van der Waals surface area contributed by atoms with Gasteiger partial charge in [0.15, 0.2) is 11.5 Å². The van der Waals surface area contributed by atoms with Gasteiger partial charge in [0, 0.05) is 44.1 Å². The molecule has 0 spiro atoms. The second kappa shape index (κ2) is 19.4. The van der Waals surface area contributed by atoms with Crippen LogP contribution in [0.15, 0.2) is 84.6 Å². The predicted molar refractivity (Wildman–Crippen MR) is 222 cm³/mol. The van der Waals surface area contributed by atoms with Crippen molar-refractivity contribution in [2.45, 2.75) is 86.1 Å². The van der Waals surface area contributed by atoms with Crippen LogP contribution in [0.3, 0.4) is 0 Å². The summed E-state index contributed by atoms with van der Waals surface area (Å²) in [6.07, 6.45) is 12.5. The van der Waals surface area contributed by atoms with Gasteiger partial charge >= 0.3 is 0 Å². The molecule has 1 heterocycles. The van der Waals surface area contributed by atoms with Gasteiger partial charge in [0.25, 0.3) is 0 Å². The lowest BCUT2D eigenvalue weighted by molar-refractivity contribution is 0.225. The maximum Gasteiger partial charge on any atom is 0.163 e. The molecular weight excluding hydrogens is 643 g/mol. The lowest BCUT2D eigenvalue weighted by atomic mass is 9.95. The number of hydrogen-bond acceptors (Lipinski definition) is 6. The van der Waals surface area contributed by atoms with Crippen LogP contribution in [-0.4, -0.2) is 58.5 Å². The van der Waals surface area contributed by atoms with Crippen molar-refractivity contribution in [1.82, 2.24) is 4.90 Å². The zero-order valence-electron chi connectivity index (χ0n) is 33.4. The van der Waals surface area contributed by atoms with Crippen LogP contribution in [-0.2, 0) is 12.8 Å². The fraction of sp³-hybridized carbons (Fsp3) is 0.435. The number of ether oxygens (including phenoxy) is 3. The van der Waals surface area contributed by atoms with E-state index in [-0.39, 0.29) is 0 Å². The van der Waals surface area contributed by atoms with Crippen LogP contribution in [0.25, 0.3) is 11.1 Å². The number of nitrogens with zero attached hydrogens (tertiary/aromatic N) is 2. The smallest absolute Gasteiger partial charge is 0.163 e. The average Bonchev–Trinajstić information content (AvgIpc) is 3.14. The highest BCUT2D eigenvalue weighted by atomic mass is 16.5. The topological polar surface area (TPSA) is 60.2 Å². The monoisotopic (exact) mass is 705 g/mol. The minimum Gasteiger partial charge on any atom is -0.496 e. The summed E-state index contributed by atoms with van der Waals surface area (Å²) in [6, 6.07) is 18.1. The third kappa shape index (κ3) is 10.3. The van der Waals surface area contributed by atoms with Gasteiger partial charge in [-0.1, -0.05) is 74.8 Å². The Morgan fingerprint density at radius 2 is 1.46 bits per heavy atom. The van der Waals surface area contributed by atoms with E-state index in [4.69, 9.17) is 19.9 Å². The summed E-state index contributed by atoms with van der Waals surface area (Å²) in [4.78, 5) is 5.14. The Balaban J connectivity index is 1.48. The molecule has 4 rings (SSSR count). The van der Waals surface area contributed by atoms with E-state index < -0.39 is 0 Å². The van der Waals surface area contributed by atoms with E-state index in [0.29, 0.717) is 6.04 Å². The molecule has 0 unspecified atom stereocenters. The second-order valence-corrected chi connectivity index (χ2v) is 14.4. The number of benzene rings is 3. The second-order valence-electron chi connectivity index (χ2n) is 14.4.